The Morgan fingerprint density at radius 2 is 1.82 bits per heavy atom. The van der Waals surface area contributed by atoms with Gasteiger partial charge in [-0.2, -0.15) is 5.10 Å². The molecule has 1 N–H and O–H groups in total. The Balaban J connectivity index is 0.000000161. The van der Waals surface area contributed by atoms with Crippen molar-refractivity contribution in [2.24, 2.45) is 5.41 Å². The van der Waals surface area contributed by atoms with Crippen LogP contribution in [0.3, 0.4) is 0 Å². The third-order valence-corrected chi connectivity index (χ3v) is 8.51. The van der Waals surface area contributed by atoms with E-state index in [1.807, 2.05) is 34.9 Å². The van der Waals surface area contributed by atoms with E-state index in [-0.39, 0.29) is 23.5 Å². The molecule has 0 aliphatic heterocycles. The number of rotatable bonds is 4. The lowest BCUT2D eigenvalue weighted by atomic mass is 9.82. The lowest BCUT2D eigenvalue weighted by Crippen LogP contribution is -2.36. The number of nitrogens with zero attached hydrogens (tertiary/aromatic N) is 5. The highest BCUT2D eigenvalue weighted by Crippen LogP contribution is 2.48. The van der Waals surface area contributed by atoms with E-state index >= 15 is 0 Å². The number of halogens is 1. The summed E-state index contributed by atoms with van der Waals surface area (Å²) in [5, 5.41) is 16.2. The molecule has 210 valence electrons. The topological polar surface area (TPSA) is 95.1 Å². The normalized spacial score (nSPS) is 23.4. The number of carbonyl (C=O) groups is 1. The highest BCUT2D eigenvalue weighted by molar-refractivity contribution is 6.30. The maximum Gasteiger partial charge on any atom is 0.356 e. The van der Waals surface area contributed by atoms with Gasteiger partial charge in [-0.05, 0) is 53.5 Å². The first kappa shape index (κ1) is 28.1. The Bertz CT molecular complexity index is 1430. The minimum atomic E-state index is -0.908. The van der Waals surface area contributed by atoms with Gasteiger partial charge in [-0.15, -0.1) is 0 Å². The summed E-state index contributed by atoms with van der Waals surface area (Å²) in [5.74, 6) is -0.345. The van der Waals surface area contributed by atoms with Crippen molar-refractivity contribution in [2.45, 2.75) is 70.1 Å². The Hall–Kier alpha value is -3.49. The first-order valence-corrected chi connectivity index (χ1v) is 14.1. The Kier molecular flexibility index (Phi) is 8.10. The minimum absolute atomic E-state index is 0.0349. The molecule has 0 saturated heterocycles. The molecule has 8 nitrogen and oxygen atoms in total. The van der Waals surface area contributed by atoms with Crippen LogP contribution in [0.25, 0.3) is 0 Å². The maximum absolute atomic E-state index is 11.9. The molecule has 1 fully saturated rings. The van der Waals surface area contributed by atoms with E-state index in [1.165, 1.54) is 24.6 Å². The van der Waals surface area contributed by atoms with Crippen LogP contribution in [0.4, 0.5) is 0 Å². The molecule has 3 atom stereocenters. The third kappa shape index (κ3) is 5.43. The molecule has 0 radical (unpaired) electrons. The molecule has 0 amide bonds. The summed E-state index contributed by atoms with van der Waals surface area (Å²) in [4.78, 5) is 20.0. The van der Waals surface area contributed by atoms with E-state index in [0.717, 1.165) is 44.1 Å². The third-order valence-electron chi connectivity index (χ3n) is 8.26. The van der Waals surface area contributed by atoms with Gasteiger partial charge in [-0.25, -0.2) is 19.4 Å². The summed E-state index contributed by atoms with van der Waals surface area (Å²) in [6.07, 6.45) is 12.4. The first-order valence-electron chi connectivity index (χ1n) is 13.7. The number of aromatic nitrogens is 5. The largest absolute Gasteiger partial charge is 0.464 e. The molecule has 6 rings (SSSR count). The van der Waals surface area contributed by atoms with Gasteiger partial charge < -0.3 is 14.4 Å². The Morgan fingerprint density at radius 3 is 2.55 bits per heavy atom. The molecule has 0 spiro atoms. The lowest BCUT2D eigenvalue weighted by molar-refractivity contribution is -0.0286. The van der Waals surface area contributed by atoms with Crippen LogP contribution < -0.4 is 0 Å². The van der Waals surface area contributed by atoms with Crippen molar-refractivity contribution in [1.82, 2.24) is 24.3 Å². The Labute approximate surface area is 240 Å². The van der Waals surface area contributed by atoms with E-state index < -0.39 is 5.60 Å². The molecule has 1 saturated carbocycles. The van der Waals surface area contributed by atoms with Crippen molar-refractivity contribution in [1.29, 1.82) is 0 Å². The fourth-order valence-corrected chi connectivity index (χ4v) is 6.51. The van der Waals surface area contributed by atoms with E-state index in [0.29, 0.717) is 10.7 Å². The summed E-state index contributed by atoms with van der Waals surface area (Å²) in [7, 11) is 1.40. The molecular formula is C31H36ClN5O3. The zero-order valence-electron chi connectivity index (χ0n) is 23.2. The highest BCUT2D eigenvalue weighted by Gasteiger charge is 2.42. The second-order valence-electron chi connectivity index (χ2n) is 11.4. The van der Waals surface area contributed by atoms with Crippen LogP contribution in [0.1, 0.15) is 85.2 Å². The minimum Gasteiger partial charge on any atom is -0.464 e. The number of imidazole rings is 1. The van der Waals surface area contributed by atoms with Crippen molar-refractivity contribution in [3.8, 4) is 0 Å². The molecule has 9 heteroatoms. The molecule has 40 heavy (non-hydrogen) atoms. The van der Waals surface area contributed by atoms with Crippen LogP contribution in [0.2, 0.25) is 5.02 Å². The van der Waals surface area contributed by atoms with Crippen LogP contribution >= 0.6 is 11.6 Å². The van der Waals surface area contributed by atoms with E-state index in [1.54, 1.807) is 23.5 Å². The fourth-order valence-electron chi connectivity index (χ4n) is 6.39. The average molecular weight is 562 g/mol. The number of esters is 1. The predicted octanol–water partition coefficient (Wildman–Crippen LogP) is 6.17. The molecule has 0 bridgehead atoms. The van der Waals surface area contributed by atoms with Crippen LogP contribution in [0.5, 0.6) is 0 Å². The van der Waals surface area contributed by atoms with Gasteiger partial charge in [-0.1, -0.05) is 81.1 Å². The van der Waals surface area contributed by atoms with Crippen molar-refractivity contribution in [3.05, 3.63) is 101 Å². The summed E-state index contributed by atoms with van der Waals surface area (Å²) in [6.45, 7) is 4.44. The highest BCUT2D eigenvalue weighted by atomic mass is 35.5. The molecule has 2 aliphatic rings. The molecule has 2 heterocycles. The lowest BCUT2D eigenvalue weighted by Gasteiger charge is -2.35. The van der Waals surface area contributed by atoms with Gasteiger partial charge in [-0.3, -0.25) is 0 Å². The van der Waals surface area contributed by atoms with Crippen LogP contribution in [-0.2, 0) is 16.8 Å². The summed E-state index contributed by atoms with van der Waals surface area (Å²) in [5.41, 5.74) is 3.14. The number of fused-ring (bicyclic) bond motifs is 1. The first-order chi connectivity index (χ1) is 19.2. The SMILES string of the molecule is COC(=O)c1cncn1C1c2ccccc2CC1(C)C.OC1(c2ccc(Cl)cc2)CCCCCC1n1cncn1. The smallest absolute Gasteiger partial charge is 0.356 e. The molecular weight excluding hydrogens is 526 g/mol. The zero-order valence-corrected chi connectivity index (χ0v) is 24.0. The number of benzene rings is 2. The van der Waals surface area contributed by atoms with Gasteiger partial charge in [0.1, 0.15) is 23.9 Å². The monoisotopic (exact) mass is 561 g/mol. The standard InChI is InChI=1S/C16H18N2O2.C15H18ClN3O/c1-16(2)8-11-6-4-5-7-12(11)14(16)18-10-17-9-13(18)15(19)20-3;16-13-7-5-12(6-8-13)15(20)9-3-1-2-4-14(15)19-11-17-10-18-19/h4-7,9-10,14H,8H2,1-3H3;5-8,10-11,14,20H,1-4,9H2. The number of ether oxygens (including phenoxy) is 1. The van der Waals surface area contributed by atoms with E-state index in [4.69, 9.17) is 16.3 Å². The van der Waals surface area contributed by atoms with Gasteiger partial charge in [0, 0.05) is 5.02 Å². The number of aliphatic hydroxyl groups is 1. The van der Waals surface area contributed by atoms with Crippen molar-refractivity contribution in [3.63, 3.8) is 0 Å². The van der Waals surface area contributed by atoms with Gasteiger partial charge >= 0.3 is 5.97 Å². The van der Waals surface area contributed by atoms with Crippen molar-refractivity contribution < 1.29 is 14.6 Å². The molecule has 4 aromatic rings. The molecule has 2 aromatic carbocycles. The fraction of sp³-hybridized carbons (Fsp3) is 0.419. The summed E-state index contributed by atoms with van der Waals surface area (Å²) >= 11 is 5.95. The predicted molar refractivity (Wildman–Crippen MR) is 153 cm³/mol. The van der Waals surface area contributed by atoms with Crippen LogP contribution in [0.15, 0.2) is 73.7 Å². The molecule has 3 unspecified atom stereocenters. The number of hydrogen-bond acceptors (Lipinski definition) is 6. The van der Waals surface area contributed by atoms with Gasteiger partial charge in [0.2, 0.25) is 0 Å². The summed E-state index contributed by atoms with van der Waals surface area (Å²) in [6, 6.07) is 15.9. The van der Waals surface area contributed by atoms with Crippen LogP contribution in [-0.4, -0.2) is 42.5 Å². The number of methoxy groups -OCH3 is 1. The number of hydrogen-bond donors (Lipinski definition) is 1. The second-order valence-corrected chi connectivity index (χ2v) is 11.8. The quantitative estimate of drug-likeness (QED) is 0.237. The second kappa shape index (κ2) is 11.6. The van der Waals surface area contributed by atoms with Crippen LogP contribution in [0, 0.1) is 5.41 Å². The zero-order chi connectivity index (χ0) is 28.3. The maximum atomic E-state index is 11.9. The molecule has 2 aliphatic carbocycles. The molecule has 2 aromatic heterocycles. The van der Waals surface area contributed by atoms with Crippen molar-refractivity contribution in [2.75, 3.05) is 7.11 Å². The van der Waals surface area contributed by atoms with Gasteiger partial charge in [0.15, 0.2) is 0 Å². The number of carbonyl (C=O) groups excluding carboxylic acids is 1. The summed E-state index contributed by atoms with van der Waals surface area (Å²) < 4.78 is 8.58. The van der Waals surface area contributed by atoms with E-state index in [9.17, 15) is 9.90 Å². The average Bonchev–Trinajstić information content (AvgIpc) is 3.66. The van der Waals surface area contributed by atoms with Gasteiger partial charge in [0.05, 0.1) is 31.7 Å². The van der Waals surface area contributed by atoms with Crippen molar-refractivity contribution >= 4 is 17.6 Å². The van der Waals surface area contributed by atoms with Gasteiger partial charge in [0.25, 0.3) is 0 Å². The Morgan fingerprint density at radius 1 is 1.05 bits per heavy atom. The van der Waals surface area contributed by atoms with E-state index in [2.05, 4.69) is 47.1 Å².